The van der Waals surface area contributed by atoms with Crippen molar-refractivity contribution in [1.82, 2.24) is 5.32 Å². The molecule has 32 heavy (non-hydrogen) atoms. The molecule has 0 saturated heterocycles. The number of nitrogens with zero attached hydrogens (tertiary/aromatic N) is 1. The molecule has 0 fully saturated rings. The number of ether oxygens (including phenoxy) is 2. The van der Waals surface area contributed by atoms with Crippen LogP contribution in [0.5, 0.6) is 0 Å². The Bertz CT molecular complexity index is 988. The summed E-state index contributed by atoms with van der Waals surface area (Å²) in [5, 5.41) is 3.27. The first kappa shape index (κ1) is 23.6. The van der Waals surface area contributed by atoms with Crippen molar-refractivity contribution in [3.05, 3.63) is 52.4 Å². The fraction of sp³-hybridized carbons (Fsp3) is 0.480. The van der Waals surface area contributed by atoms with Crippen molar-refractivity contribution in [3.8, 4) is 0 Å². The molecule has 0 radical (unpaired) electrons. The van der Waals surface area contributed by atoms with Gasteiger partial charge in [-0.15, -0.1) is 0 Å². The van der Waals surface area contributed by atoms with Crippen LogP contribution in [0, 0.1) is 11.8 Å². The molecule has 1 aliphatic heterocycles. The van der Waals surface area contributed by atoms with E-state index in [0.29, 0.717) is 23.3 Å². The molecular weight excluding hydrogens is 408 g/mol. The van der Waals surface area contributed by atoms with Gasteiger partial charge in [0.15, 0.2) is 5.78 Å². The second-order valence-corrected chi connectivity index (χ2v) is 8.98. The van der Waals surface area contributed by atoms with E-state index in [9.17, 15) is 14.4 Å². The van der Waals surface area contributed by atoms with E-state index in [0.717, 1.165) is 16.9 Å². The van der Waals surface area contributed by atoms with Gasteiger partial charge >= 0.3 is 11.9 Å². The first-order valence-electron chi connectivity index (χ1n) is 10.9. The summed E-state index contributed by atoms with van der Waals surface area (Å²) in [6, 6.07) is 7.74. The molecule has 0 saturated carbocycles. The van der Waals surface area contributed by atoms with Gasteiger partial charge in [-0.25, -0.2) is 4.79 Å². The highest BCUT2D eigenvalue weighted by atomic mass is 16.5. The molecule has 7 nitrogen and oxygen atoms in total. The minimum atomic E-state index is -0.898. The number of benzene rings is 1. The van der Waals surface area contributed by atoms with Gasteiger partial charge in [0.1, 0.15) is 5.92 Å². The highest BCUT2D eigenvalue weighted by Gasteiger charge is 2.47. The number of anilines is 1. The predicted octanol–water partition coefficient (Wildman–Crippen LogP) is 3.32. The van der Waals surface area contributed by atoms with Gasteiger partial charge in [0.2, 0.25) is 0 Å². The van der Waals surface area contributed by atoms with Crippen LogP contribution in [0.25, 0.3) is 0 Å². The zero-order valence-corrected chi connectivity index (χ0v) is 19.8. The summed E-state index contributed by atoms with van der Waals surface area (Å²) in [4.78, 5) is 41.2. The fourth-order valence-electron chi connectivity index (χ4n) is 4.53. The molecule has 1 heterocycles. The van der Waals surface area contributed by atoms with E-state index in [-0.39, 0.29) is 17.8 Å². The monoisotopic (exact) mass is 440 g/mol. The molecule has 1 N–H and O–H groups in total. The number of hydrogen-bond donors (Lipinski definition) is 1. The fourth-order valence-corrected chi connectivity index (χ4v) is 4.53. The maximum atomic E-state index is 13.6. The lowest BCUT2D eigenvalue weighted by atomic mass is 9.69. The highest BCUT2D eigenvalue weighted by Crippen LogP contribution is 2.45. The van der Waals surface area contributed by atoms with E-state index < -0.39 is 23.8 Å². The van der Waals surface area contributed by atoms with Gasteiger partial charge in [-0.3, -0.25) is 9.59 Å². The Morgan fingerprint density at radius 1 is 1.16 bits per heavy atom. The van der Waals surface area contributed by atoms with Crippen molar-refractivity contribution in [1.29, 1.82) is 0 Å². The average Bonchev–Trinajstić information content (AvgIpc) is 2.71. The highest BCUT2D eigenvalue weighted by molar-refractivity contribution is 6.12. The molecule has 0 spiro atoms. The van der Waals surface area contributed by atoms with Crippen molar-refractivity contribution in [3.63, 3.8) is 0 Å². The van der Waals surface area contributed by atoms with E-state index in [4.69, 9.17) is 9.47 Å². The second kappa shape index (κ2) is 9.18. The van der Waals surface area contributed by atoms with Crippen molar-refractivity contribution >= 4 is 23.4 Å². The van der Waals surface area contributed by atoms with E-state index in [1.165, 1.54) is 7.11 Å². The second-order valence-electron chi connectivity index (χ2n) is 8.98. The SMILES string of the molecule is COC(=O)C1C(=O)C2=C(CC1C)NC(C)=C(C(=O)OC(C)C)C2c1ccc(N(C)C)cc1. The van der Waals surface area contributed by atoms with E-state index in [1.54, 1.807) is 13.8 Å². The summed E-state index contributed by atoms with van der Waals surface area (Å²) in [7, 11) is 5.18. The van der Waals surface area contributed by atoms with Gasteiger partial charge in [-0.05, 0) is 50.8 Å². The largest absolute Gasteiger partial charge is 0.468 e. The van der Waals surface area contributed by atoms with Gasteiger partial charge in [-0.2, -0.15) is 0 Å². The van der Waals surface area contributed by atoms with Crippen LogP contribution in [0.2, 0.25) is 0 Å². The molecular formula is C25H32N2O5. The number of carbonyl (C=O) groups excluding carboxylic acids is 3. The van der Waals surface area contributed by atoms with E-state index in [1.807, 2.05) is 57.1 Å². The number of esters is 2. The summed E-state index contributed by atoms with van der Waals surface area (Å²) < 4.78 is 10.5. The van der Waals surface area contributed by atoms with Gasteiger partial charge in [0.25, 0.3) is 0 Å². The predicted molar refractivity (Wildman–Crippen MR) is 122 cm³/mol. The standard InChI is InChI=1S/C25H32N2O5/c1-13(2)32-25(30)20-15(4)26-18-12-14(3)19(24(29)31-7)23(28)22(18)21(20)16-8-10-17(11-9-16)27(5)6/h8-11,13-14,19,21,26H,12H2,1-7H3. The van der Waals surface area contributed by atoms with Crippen LogP contribution in [0.4, 0.5) is 5.69 Å². The molecule has 3 atom stereocenters. The minimum absolute atomic E-state index is 0.213. The molecule has 3 rings (SSSR count). The number of nitrogens with one attached hydrogen (secondary N) is 1. The van der Waals surface area contributed by atoms with Crippen molar-refractivity contribution in [2.24, 2.45) is 11.8 Å². The maximum absolute atomic E-state index is 13.6. The molecule has 0 amide bonds. The Hall–Kier alpha value is -3.09. The Kier molecular flexibility index (Phi) is 6.77. The molecule has 1 aromatic carbocycles. The Morgan fingerprint density at radius 2 is 1.78 bits per heavy atom. The van der Waals surface area contributed by atoms with Gasteiger partial charge < -0.3 is 19.7 Å². The molecule has 0 bridgehead atoms. The van der Waals surface area contributed by atoms with Crippen LogP contribution in [0.3, 0.4) is 0 Å². The van der Waals surface area contributed by atoms with Crippen molar-refractivity contribution in [2.45, 2.75) is 46.1 Å². The first-order chi connectivity index (χ1) is 15.1. The average molecular weight is 441 g/mol. The number of dihydropyridines is 1. The number of carbonyl (C=O) groups is 3. The summed E-state index contributed by atoms with van der Waals surface area (Å²) in [5.74, 6) is -3.06. The smallest absolute Gasteiger partial charge is 0.337 e. The number of allylic oxidation sites excluding steroid dienone is 3. The number of Topliss-reactive ketones (excluding diaryl/α,β-unsaturated/α-hetero) is 1. The molecule has 2 aliphatic rings. The van der Waals surface area contributed by atoms with Crippen molar-refractivity contribution < 1.29 is 23.9 Å². The zero-order chi connectivity index (χ0) is 23.7. The van der Waals surface area contributed by atoms with Crippen LogP contribution in [-0.2, 0) is 23.9 Å². The Morgan fingerprint density at radius 3 is 2.31 bits per heavy atom. The summed E-state index contributed by atoms with van der Waals surface area (Å²) in [5.41, 5.74) is 4.04. The molecule has 1 aromatic rings. The summed E-state index contributed by atoms with van der Waals surface area (Å²) in [6.45, 7) is 7.27. The molecule has 0 aromatic heterocycles. The Labute approximate surface area is 189 Å². The lowest BCUT2D eigenvalue weighted by Gasteiger charge is -2.38. The van der Waals surface area contributed by atoms with Gasteiger partial charge in [0, 0.05) is 42.7 Å². The van der Waals surface area contributed by atoms with Gasteiger partial charge in [-0.1, -0.05) is 19.1 Å². The first-order valence-corrected chi connectivity index (χ1v) is 10.9. The van der Waals surface area contributed by atoms with Crippen LogP contribution in [0.1, 0.15) is 45.6 Å². The maximum Gasteiger partial charge on any atom is 0.337 e. The third-order valence-electron chi connectivity index (χ3n) is 6.05. The quantitative estimate of drug-likeness (QED) is 0.555. The van der Waals surface area contributed by atoms with E-state index in [2.05, 4.69) is 5.32 Å². The molecule has 7 heteroatoms. The van der Waals surface area contributed by atoms with Crippen molar-refractivity contribution in [2.75, 3.05) is 26.1 Å². The number of hydrogen-bond acceptors (Lipinski definition) is 7. The lowest BCUT2D eigenvalue weighted by molar-refractivity contribution is -0.151. The van der Waals surface area contributed by atoms with Gasteiger partial charge in [0.05, 0.1) is 18.8 Å². The number of methoxy groups -OCH3 is 1. The topological polar surface area (TPSA) is 84.9 Å². The van der Waals surface area contributed by atoms with Crippen LogP contribution >= 0.6 is 0 Å². The minimum Gasteiger partial charge on any atom is -0.468 e. The normalized spacial score (nSPS) is 23.0. The zero-order valence-electron chi connectivity index (χ0n) is 19.8. The van der Waals surface area contributed by atoms with Crippen LogP contribution < -0.4 is 10.2 Å². The van der Waals surface area contributed by atoms with Crippen LogP contribution in [-0.4, -0.2) is 45.0 Å². The molecule has 1 aliphatic carbocycles. The number of ketones is 1. The van der Waals surface area contributed by atoms with Crippen LogP contribution in [0.15, 0.2) is 46.8 Å². The summed E-state index contributed by atoms with van der Waals surface area (Å²) >= 11 is 0. The third kappa shape index (κ3) is 4.29. The number of rotatable bonds is 5. The Balaban J connectivity index is 2.17. The summed E-state index contributed by atoms with van der Waals surface area (Å²) in [6.07, 6.45) is 0.205. The molecule has 3 unspecified atom stereocenters. The molecule has 172 valence electrons. The van der Waals surface area contributed by atoms with E-state index >= 15 is 0 Å². The third-order valence-corrected chi connectivity index (χ3v) is 6.05. The lowest BCUT2D eigenvalue weighted by Crippen LogP contribution is -2.43.